The fraction of sp³-hybridized carbons (Fsp3) is 0. The normalized spacial score (nSPS) is 9.00. The van der Waals surface area contributed by atoms with Gasteiger partial charge in [0.2, 0.25) is 5.28 Å². The van der Waals surface area contributed by atoms with Gasteiger partial charge in [-0.3, -0.25) is 4.79 Å². The van der Waals surface area contributed by atoms with E-state index < -0.39 is 0 Å². The third kappa shape index (κ3) is 1.47. The zero-order valence-electron chi connectivity index (χ0n) is 4.34. The lowest BCUT2D eigenvalue weighted by molar-refractivity contribution is 0.561. The first-order chi connectivity index (χ1) is 4.33. The summed E-state index contributed by atoms with van der Waals surface area (Å²) < 4.78 is 0. The van der Waals surface area contributed by atoms with E-state index in [1.807, 2.05) is 0 Å². The molecule has 45 valence electrons. The molecule has 0 atom stereocenters. The summed E-state index contributed by atoms with van der Waals surface area (Å²) in [6, 6.07) is 1.43. The summed E-state index contributed by atoms with van der Waals surface area (Å²) in [5.74, 6) is 0. The third-order valence-corrected chi connectivity index (χ3v) is 0.913. The van der Waals surface area contributed by atoms with Crippen LogP contribution in [0.3, 0.4) is 0 Å². The van der Waals surface area contributed by atoms with E-state index in [9.17, 15) is 4.79 Å². The molecule has 0 aliphatic heterocycles. The van der Waals surface area contributed by atoms with E-state index in [2.05, 4.69) is 9.97 Å². The van der Waals surface area contributed by atoms with Crippen LogP contribution >= 0.6 is 11.6 Å². The highest BCUT2D eigenvalue weighted by molar-refractivity contribution is 6.28. The van der Waals surface area contributed by atoms with Gasteiger partial charge in [-0.1, -0.05) is 0 Å². The lowest BCUT2D eigenvalue weighted by atomic mass is 10.5. The molecule has 0 aromatic carbocycles. The van der Waals surface area contributed by atoms with Crippen LogP contribution in [0, 0.1) is 0 Å². The second kappa shape index (κ2) is 2.55. The molecule has 9 heavy (non-hydrogen) atoms. The van der Waals surface area contributed by atoms with Crippen LogP contribution in [-0.2, 0) is 4.79 Å². The van der Waals surface area contributed by atoms with Crippen LogP contribution < -0.4 is 0 Å². The summed E-state index contributed by atoms with van der Waals surface area (Å²) in [5.41, 5.74) is 0.176. The van der Waals surface area contributed by atoms with Crippen molar-refractivity contribution in [3.8, 4) is 0 Å². The summed E-state index contributed by atoms with van der Waals surface area (Å²) in [5, 5.41) is 0.0656. The van der Waals surface area contributed by atoms with Crippen molar-refractivity contribution in [3.63, 3.8) is 0 Å². The summed E-state index contributed by atoms with van der Waals surface area (Å²) in [4.78, 5) is 17.0. The van der Waals surface area contributed by atoms with Crippen molar-refractivity contribution >= 4 is 17.9 Å². The maximum atomic E-state index is 9.88. The Labute approximate surface area is 56.7 Å². The molecular formula is C5H2ClN2O. The maximum absolute atomic E-state index is 9.88. The number of rotatable bonds is 1. The van der Waals surface area contributed by atoms with E-state index in [4.69, 9.17) is 11.6 Å². The van der Waals surface area contributed by atoms with Gasteiger partial charge in [-0.25, -0.2) is 9.97 Å². The summed E-state index contributed by atoms with van der Waals surface area (Å²) >= 11 is 5.32. The molecular weight excluding hydrogens is 140 g/mol. The number of carbonyl (C=O) groups excluding carboxylic acids is 1. The van der Waals surface area contributed by atoms with Crippen LogP contribution in [0.1, 0.15) is 5.69 Å². The molecule has 0 N–H and O–H groups in total. The van der Waals surface area contributed by atoms with Crippen molar-refractivity contribution in [2.24, 2.45) is 0 Å². The molecule has 0 fully saturated rings. The Hall–Kier alpha value is -0.960. The average molecular weight is 142 g/mol. The van der Waals surface area contributed by atoms with E-state index in [0.29, 0.717) is 0 Å². The van der Waals surface area contributed by atoms with Crippen LogP contribution in [0.25, 0.3) is 0 Å². The predicted molar refractivity (Wildman–Crippen MR) is 31.8 cm³/mol. The van der Waals surface area contributed by atoms with Gasteiger partial charge in [-0.2, -0.15) is 0 Å². The second-order valence-electron chi connectivity index (χ2n) is 1.31. The van der Waals surface area contributed by atoms with Gasteiger partial charge in [0.15, 0.2) is 0 Å². The van der Waals surface area contributed by atoms with Crippen LogP contribution in [0.15, 0.2) is 12.3 Å². The van der Waals surface area contributed by atoms with Crippen LogP contribution in [-0.4, -0.2) is 16.3 Å². The Morgan fingerprint density at radius 3 is 2.89 bits per heavy atom. The van der Waals surface area contributed by atoms with Crippen molar-refractivity contribution in [2.75, 3.05) is 0 Å². The minimum Gasteiger partial charge on any atom is -0.283 e. The van der Waals surface area contributed by atoms with E-state index in [0.717, 1.165) is 0 Å². The topological polar surface area (TPSA) is 42.9 Å². The fourth-order valence-electron chi connectivity index (χ4n) is 0.392. The smallest absolute Gasteiger partial charge is 0.253 e. The molecule has 3 nitrogen and oxygen atoms in total. The largest absolute Gasteiger partial charge is 0.283 e. The minimum atomic E-state index is 0.0656. The van der Waals surface area contributed by atoms with Gasteiger partial charge in [-0.05, 0) is 17.7 Å². The molecule has 1 heterocycles. The monoisotopic (exact) mass is 141 g/mol. The van der Waals surface area contributed by atoms with Crippen LogP contribution in [0.2, 0.25) is 5.28 Å². The molecule has 4 heteroatoms. The molecule has 1 aromatic heterocycles. The highest BCUT2D eigenvalue weighted by atomic mass is 35.5. The summed E-state index contributed by atoms with van der Waals surface area (Å²) in [6.45, 7) is 0. The Morgan fingerprint density at radius 2 is 2.44 bits per heavy atom. The Balaban J connectivity index is 3.07. The summed E-state index contributed by atoms with van der Waals surface area (Å²) in [6.07, 6.45) is 2.98. The predicted octanol–water partition coefficient (Wildman–Crippen LogP) is 0.588. The van der Waals surface area contributed by atoms with Gasteiger partial charge in [0.1, 0.15) is 5.69 Å². The first-order valence-corrected chi connectivity index (χ1v) is 2.57. The van der Waals surface area contributed by atoms with Gasteiger partial charge in [-0.15, -0.1) is 0 Å². The average Bonchev–Trinajstić information content (AvgIpc) is 1.88. The molecule has 0 spiro atoms. The lowest BCUT2D eigenvalue weighted by Gasteiger charge is -1.85. The molecule has 0 aliphatic rings. The molecule has 1 rings (SSSR count). The van der Waals surface area contributed by atoms with Gasteiger partial charge < -0.3 is 0 Å². The molecule has 0 saturated heterocycles. The highest BCUT2D eigenvalue weighted by Gasteiger charge is 1.92. The van der Waals surface area contributed by atoms with E-state index in [1.165, 1.54) is 12.3 Å². The van der Waals surface area contributed by atoms with Crippen LogP contribution in [0.4, 0.5) is 0 Å². The van der Waals surface area contributed by atoms with Gasteiger partial charge in [0, 0.05) is 6.20 Å². The van der Waals surface area contributed by atoms with Crippen molar-refractivity contribution in [3.05, 3.63) is 23.2 Å². The Bertz CT molecular complexity index is 226. The van der Waals surface area contributed by atoms with Gasteiger partial charge in [0.25, 0.3) is 6.29 Å². The van der Waals surface area contributed by atoms with E-state index in [1.54, 1.807) is 6.29 Å². The minimum absolute atomic E-state index is 0.0656. The molecule has 0 amide bonds. The quantitative estimate of drug-likeness (QED) is 0.538. The Morgan fingerprint density at radius 1 is 1.67 bits per heavy atom. The fourth-order valence-corrected chi connectivity index (χ4v) is 0.539. The van der Waals surface area contributed by atoms with E-state index in [-0.39, 0.29) is 11.0 Å². The van der Waals surface area contributed by atoms with Gasteiger partial charge in [0.05, 0.1) is 0 Å². The molecule has 0 bridgehead atoms. The number of nitrogens with zero attached hydrogens (tertiary/aromatic N) is 2. The molecule has 0 saturated carbocycles. The summed E-state index contributed by atoms with van der Waals surface area (Å²) in [7, 11) is 0. The Kier molecular flexibility index (Phi) is 1.75. The molecule has 0 unspecified atom stereocenters. The second-order valence-corrected chi connectivity index (χ2v) is 1.65. The number of halogens is 1. The maximum Gasteiger partial charge on any atom is 0.253 e. The third-order valence-electron chi connectivity index (χ3n) is 0.731. The number of hydrogen-bond donors (Lipinski definition) is 0. The first kappa shape index (κ1) is 6.16. The number of aromatic nitrogens is 2. The SMILES string of the molecule is O=[C]c1ccnc(Cl)n1. The highest BCUT2D eigenvalue weighted by Crippen LogP contribution is 1.97. The zero-order chi connectivity index (χ0) is 6.69. The van der Waals surface area contributed by atoms with Crippen molar-refractivity contribution in [1.29, 1.82) is 0 Å². The van der Waals surface area contributed by atoms with Crippen molar-refractivity contribution in [2.45, 2.75) is 0 Å². The van der Waals surface area contributed by atoms with Crippen molar-refractivity contribution in [1.82, 2.24) is 9.97 Å². The van der Waals surface area contributed by atoms with E-state index >= 15 is 0 Å². The van der Waals surface area contributed by atoms with Crippen molar-refractivity contribution < 1.29 is 4.79 Å². The molecule has 1 radical (unpaired) electrons. The first-order valence-electron chi connectivity index (χ1n) is 2.19. The molecule has 0 aliphatic carbocycles. The number of hydrogen-bond acceptors (Lipinski definition) is 3. The lowest BCUT2D eigenvalue weighted by Crippen LogP contribution is -1.87. The zero-order valence-corrected chi connectivity index (χ0v) is 5.09. The molecule has 1 aromatic rings. The van der Waals surface area contributed by atoms with Gasteiger partial charge >= 0.3 is 0 Å². The standard InChI is InChI=1S/C5H2ClN2O/c6-5-7-2-1-4(3-9)8-5/h1-2H. The van der Waals surface area contributed by atoms with Crippen LogP contribution in [0.5, 0.6) is 0 Å².